The molecule has 19 heavy (non-hydrogen) atoms. The van der Waals surface area contributed by atoms with E-state index >= 15 is 0 Å². The SMILES string of the molecule is Cc1cc(C(Br)c2ccc(Cl)cc2C)c(F)cc1F. The van der Waals surface area contributed by atoms with Crippen molar-refractivity contribution in [2.24, 2.45) is 0 Å². The van der Waals surface area contributed by atoms with E-state index in [1.54, 1.807) is 13.0 Å². The third kappa shape index (κ3) is 2.98. The summed E-state index contributed by atoms with van der Waals surface area (Å²) in [5.41, 5.74) is 2.71. The Bertz CT molecular complexity index is 626. The van der Waals surface area contributed by atoms with Gasteiger partial charge in [0.1, 0.15) is 11.6 Å². The number of halogens is 4. The van der Waals surface area contributed by atoms with Gasteiger partial charge in [0.05, 0.1) is 4.83 Å². The molecule has 0 nitrogen and oxygen atoms in total. The Morgan fingerprint density at radius 1 is 0.947 bits per heavy atom. The van der Waals surface area contributed by atoms with Crippen LogP contribution in [0, 0.1) is 25.5 Å². The molecular formula is C15H12BrClF2. The molecule has 1 atom stereocenters. The summed E-state index contributed by atoms with van der Waals surface area (Å²) in [4.78, 5) is -0.330. The maximum atomic E-state index is 13.9. The van der Waals surface area contributed by atoms with E-state index in [4.69, 9.17) is 11.6 Å². The molecule has 0 saturated heterocycles. The normalized spacial score (nSPS) is 12.5. The molecule has 0 bridgehead atoms. The lowest BCUT2D eigenvalue weighted by molar-refractivity contribution is 0.569. The molecule has 2 rings (SSSR count). The molecule has 0 radical (unpaired) electrons. The Balaban J connectivity index is 2.49. The van der Waals surface area contributed by atoms with Gasteiger partial charge in [-0.2, -0.15) is 0 Å². The van der Waals surface area contributed by atoms with Gasteiger partial charge in [0.2, 0.25) is 0 Å². The van der Waals surface area contributed by atoms with Gasteiger partial charge in [-0.05, 0) is 48.7 Å². The van der Waals surface area contributed by atoms with Crippen LogP contribution in [0.4, 0.5) is 8.78 Å². The smallest absolute Gasteiger partial charge is 0.130 e. The van der Waals surface area contributed by atoms with Crippen molar-refractivity contribution in [3.05, 3.63) is 69.2 Å². The van der Waals surface area contributed by atoms with Gasteiger partial charge < -0.3 is 0 Å². The minimum absolute atomic E-state index is 0.330. The first kappa shape index (κ1) is 14.5. The summed E-state index contributed by atoms with van der Waals surface area (Å²) in [5.74, 6) is -1.09. The highest BCUT2D eigenvalue weighted by Crippen LogP contribution is 2.36. The first-order valence-corrected chi connectivity index (χ1v) is 7.05. The highest BCUT2D eigenvalue weighted by Gasteiger charge is 2.18. The van der Waals surface area contributed by atoms with Crippen LogP contribution < -0.4 is 0 Å². The van der Waals surface area contributed by atoms with Crippen LogP contribution in [0.3, 0.4) is 0 Å². The van der Waals surface area contributed by atoms with Gasteiger partial charge >= 0.3 is 0 Å². The molecule has 0 fully saturated rings. The van der Waals surface area contributed by atoms with E-state index in [9.17, 15) is 8.78 Å². The van der Waals surface area contributed by atoms with Crippen molar-refractivity contribution < 1.29 is 8.78 Å². The third-order valence-electron chi connectivity index (χ3n) is 3.06. The van der Waals surface area contributed by atoms with Crippen molar-refractivity contribution in [1.82, 2.24) is 0 Å². The van der Waals surface area contributed by atoms with Crippen LogP contribution >= 0.6 is 27.5 Å². The van der Waals surface area contributed by atoms with Gasteiger partial charge in [0, 0.05) is 16.7 Å². The molecule has 0 heterocycles. The van der Waals surface area contributed by atoms with Crippen LogP contribution in [0.2, 0.25) is 5.02 Å². The predicted molar refractivity (Wildman–Crippen MR) is 78.1 cm³/mol. The molecule has 0 spiro atoms. The molecule has 0 amide bonds. The van der Waals surface area contributed by atoms with E-state index in [2.05, 4.69) is 15.9 Å². The molecule has 0 N–H and O–H groups in total. The maximum Gasteiger partial charge on any atom is 0.130 e. The van der Waals surface area contributed by atoms with E-state index in [1.165, 1.54) is 6.07 Å². The first-order chi connectivity index (χ1) is 8.90. The Hall–Kier alpha value is -0.930. The van der Waals surface area contributed by atoms with Crippen LogP contribution in [0.5, 0.6) is 0 Å². The largest absolute Gasteiger partial charge is 0.207 e. The molecular weight excluding hydrogens is 334 g/mol. The van der Waals surface area contributed by atoms with E-state index in [0.29, 0.717) is 16.1 Å². The van der Waals surface area contributed by atoms with Crippen molar-refractivity contribution in [3.8, 4) is 0 Å². The Labute approximate surface area is 124 Å². The average Bonchev–Trinajstić information content (AvgIpc) is 2.33. The maximum absolute atomic E-state index is 13.9. The van der Waals surface area contributed by atoms with Gasteiger partial charge in [-0.3, -0.25) is 0 Å². The van der Waals surface area contributed by atoms with Crippen molar-refractivity contribution in [1.29, 1.82) is 0 Å². The summed E-state index contributed by atoms with van der Waals surface area (Å²) in [6.07, 6.45) is 0. The molecule has 0 aliphatic heterocycles. The zero-order valence-corrected chi connectivity index (χ0v) is 12.8. The zero-order chi connectivity index (χ0) is 14.2. The topological polar surface area (TPSA) is 0 Å². The quantitative estimate of drug-likeness (QED) is 0.611. The number of hydrogen-bond acceptors (Lipinski definition) is 0. The van der Waals surface area contributed by atoms with E-state index in [0.717, 1.165) is 17.2 Å². The second-order valence-electron chi connectivity index (χ2n) is 4.49. The molecule has 0 saturated carbocycles. The van der Waals surface area contributed by atoms with Crippen LogP contribution in [0.25, 0.3) is 0 Å². The monoisotopic (exact) mass is 344 g/mol. The van der Waals surface area contributed by atoms with Crippen LogP contribution in [-0.2, 0) is 0 Å². The summed E-state index contributed by atoms with van der Waals surface area (Å²) in [6, 6.07) is 7.86. The summed E-state index contributed by atoms with van der Waals surface area (Å²) < 4.78 is 27.2. The van der Waals surface area contributed by atoms with Crippen LogP contribution in [0.15, 0.2) is 30.3 Å². The third-order valence-corrected chi connectivity index (χ3v) is 4.28. The van der Waals surface area contributed by atoms with E-state index in [-0.39, 0.29) is 4.83 Å². The molecule has 4 heteroatoms. The van der Waals surface area contributed by atoms with Crippen molar-refractivity contribution >= 4 is 27.5 Å². The number of rotatable bonds is 2. The fourth-order valence-corrected chi connectivity index (χ4v) is 3.06. The molecule has 0 aliphatic carbocycles. The lowest BCUT2D eigenvalue weighted by Gasteiger charge is -2.15. The highest BCUT2D eigenvalue weighted by atomic mass is 79.9. The summed E-state index contributed by atoms with van der Waals surface area (Å²) >= 11 is 9.38. The molecule has 2 aromatic rings. The molecule has 1 unspecified atom stereocenters. The lowest BCUT2D eigenvalue weighted by atomic mass is 9.98. The van der Waals surface area contributed by atoms with Crippen LogP contribution in [-0.4, -0.2) is 0 Å². The van der Waals surface area contributed by atoms with Gasteiger partial charge in [-0.15, -0.1) is 0 Å². The average molecular weight is 346 g/mol. The van der Waals surface area contributed by atoms with Gasteiger partial charge in [-0.1, -0.05) is 33.6 Å². The van der Waals surface area contributed by atoms with Gasteiger partial charge in [0.15, 0.2) is 0 Å². The van der Waals surface area contributed by atoms with Crippen molar-refractivity contribution in [3.63, 3.8) is 0 Å². The Morgan fingerprint density at radius 2 is 1.63 bits per heavy atom. The van der Waals surface area contributed by atoms with E-state index in [1.807, 2.05) is 19.1 Å². The predicted octanol–water partition coefficient (Wildman–Crippen LogP) is 5.72. The van der Waals surface area contributed by atoms with Crippen molar-refractivity contribution in [2.45, 2.75) is 18.7 Å². The van der Waals surface area contributed by atoms with Gasteiger partial charge in [-0.25, -0.2) is 8.78 Å². The van der Waals surface area contributed by atoms with Gasteiger partial charge in [0.25, 0.3) is 0 Å². The Kier molecular flexibility index (Phi) is 4.26. The number of benzene rings is 2. The summed E-state index contributed by atoms with van der Waals surface area (Å²) in [6.45, 7) is 3.52. The molecule has 0 aromatic heterocycles. The van der Waals surface area contributed by atoms with Crippen LogP contribution in [0.1, 0.15) is 27.1 Å². The molecule has 100 valence electrons. The zero-order valence-electron chi connectivity index (χ0n) is 10.5. The number of hydrogen-bond donors (Lipinski definition) is 0. The summed E-state index contributed by atoms with van der Waals surface area (Å²) in [5, 5.41) is 0.636. The fourth-order valence-electron chi connectivity index (χ4n) is 1.96. The lowest BCUT2D eigenvalue weighted by Crippen LogP contribution is -2.01. The second kappa shape index (κ2) is 5.59. The highest BCUT2D eigenvalue weighted by molar-refractivity contribution is 9.09. The standard InChI is InChI=1S/C15H12BrClF2/c1-8-5-10(17)3-4-11(8)15(16)12-6-9(2)13(18)7-14(12)19/h3-7,15H,1-2H3. The number of aryl methyl sites for hydroxylation is 2. The summed E-state index contributed by atoms with van der Waals surface area (Å²) in [7, 11) is 0. The van der Waals surface area contributed by atoms with Crippen molar-refractivity contribution in [2.75, 3.05) is 0 Å². The fraction of sp³-hybridized carbons (Fsp3) is 0.200. The first-order valence-electron chi connectivity index (χ1n) is 5.76. The second-order valence-corrected chi connectivity index (χ2v) is 5.84. The van der Waals surface area contributed by atoms with E-state index < -0.39 is 11.6 Å². The molecule has 0 aliphatic rings. The molecule has 2 aromatic carbocycles. The minimum atomic E-state index is -0.556. The number of alkyl halides is 1. The Morgan fingerprint density at radius 3 is 2.26 bits per heavy atom. The minimum Gasteiger partial charge on any atom is -0.207 e.